The minimum Gasteiger partial charge on any atom is -0.491 e. The van der Waals surface area contributed by atoms with E-state index < -0.39 is 24.1 Å². The molecule has 0 saturated heterocycles. The van der Waals surface area contributed by atoms with Crippen LogP contribution in [0.4, 0.5) is 4.79 Å². The molecule has 2 rings (SSSR count). The smallest absolute Gasteiger partial charge is 0.414 e. The Hall–Kier alpha value is -3.04. The Kier molecular flexibility index (Phi) is 10.6. The second-order valence-corrected chi connectivity index (χ2v) is 7.25. The summed E-state index contributed by atoms with van der Waals surface area (Å²) < 4.78 is 16.0. The highest BCUT2D eigenvalue weighted by Crippen LogP contribution is 2.30. The van der Waals surface area contributed by atoms with E-state index in [1.165, 1.54) is 0 Å². The Balaban J connectivity index is 2.09. The Labute approximate surface area is 192 Å². The number of esters is 1. The van der Waals surface area contributed by atoms with Gasteiger partial charge in [0.05, 0.1) is 19.0 Å². The van der Waals surface area contributed by atoms with E-state index in [1.54, 1.807) is 54.6 Å². The maximum atomic E-state index is 12.4. The van der Waals surface area contributed by atoms with E-state index in [-0.39, 0.29) is 31.5 Å². The van der Waals surface area contributed by atoms with Crippen LogP contribution in [-0.4, -0.2) is 48.6 Å². The van der Waals surface area contributed by atoms with E-state index >= 15 is 0 Å². The highest BCUT2D eigenvalue weighted by Gasteiger charge is 2.25. The van der Waals surface area contributed by atoms with Crippen molar-refractivity contribution < 1.29 is 33.7 Å². The topological polar surface area (TPSA) is 111 Å². The van der Waals surface area contributed by atoms with E-state index in [0.29, 0.717) is 23.3 Å². The molecule has 2 N–H and O–H groups in total. The van der Waals surface area contributed by atoms with Crippen molar-refractivity contribution in [1.82, 2.24) is 5.32 Å². The first-order chi connectivity index (χ1) is 15.4. The highest BCUT2D eigenvalue weighted by atomic mass is 32.1. The van der Waals surface area contributed by atoms with Crippen molar-refractivity contribution in [3.05, 3.63) is 65.7 Å². The van der Waals surface area contributed by atoms with E-state index in [0.717, 1.165) is 0 Å². The van der Waals surface area contributed by atoms with E-state index in [2.05, 4.69) is 17.9 Å². The summed E-state index contributed by atoms with van der Waals surface area (Å²) in [6.45, 7) is 2.05. The zero-order valence-electron chi connectivity index (χ0n) is 17.7. The molecule has 0 heterocycles. The molecule has 172 valence electrons. The molecule has 0 aromatic heterocycles. The zero-order chi connectivity index (χ0) is 23.3. The summed E-state index contributed by atoms with van der Waals surface area (Å²) in [7, 11) is 0. The van der Waals surface area contributed by atoms with E-state index in [9.17, 15) is 14.4 Å². The summed E-state index contributed by atoms with van der Waals surface area (Å²) in [5.41, 5.74) is 1.01. The van der Waals surface area contributed by atoms with Gasteiger partial charge in [-0.25, -0.2) is 4.79 Å². The molecule has 0 aliphatic heterocycles. The lowest BCUT2D eigenvalue weighted by atomic mass is 9.94. The number of amides is 2. The van der Waals surface area contributed by atoms with Crippen molar-refractivity contribution in [2.75, 3.05) is 25.6 Å². The molecule has 2 aromatic carbocycles. The number of carbonyl (C=O) groups is 3. The van der Waals surface area contributed by atoms with Crippen LogP contribution in [0.1, 0.15) is 35.4 Å². The summed E-state index contributed by atoms with van der Waals surface area (Å²) in [5.74, 6) is -0.703. The fourth-order valence-corrected chi connectivity index (χ4v) is 2.98. The van der Waals surface area contributed by atoms with Crippen molar-refractivity contribution in [1.29, 1.82) is 0 Å². The quantitative estimate of drug-likeness (QED) is 0.348. The summed E-state index contributed by atoms with van der Waals surface area (Å²) in [4.78, 5) is 36.0. The molecule has 0 unspecified atom stereocenters. The Morgan fingerprint density at radius 1 is 1.03 bits per heavy atom. The lowest BCUT2D eigenvalue weighted by molar-refractivity contribution is -0.141. The third kappa shape index (κ3) is 8.24. The Morgan fingerprint density at radius 2 is 1.72 bits per heavy atom. The van der Waals surface area contributed by atoms with Gasteiger partial charge in [0.2, 0.25) is 0 Å². The maximum absolute atomic E-state index is 12.4. The number of aliphatic hydroxyl groups excluding tert-OH is 1. The first kappa shape index (κ1) is 25.2. The van der Waals surface area contributed by atoms with Gasteiger partial charge >= 0.3 is 12.1 Å². The van der Waals surface area contributed by atoms with Gasteiger partial charge in [-0.1, -0.05) is 37.3 Å². The monoisotopic (exact) mass is 461 g/mol. The van der Waals surface area contributed by atoms with E-state index in [1.807, 2.05) is 6.92 Å². The van der Waals surface area contributed by atoms with Crippen LogP contribution in [0.2, 0.25) is 0 Å². The predicted molar refractivity (Wildman–Crippen MR) is 121 cm³/mol. The third-order valence-electron chi connectivity index (χ3n) is 4.54. The van der Waals surface area contributed by atoms with Gasteiger partial charge < -0.3 is 19.3 Å². The van der Waals surface area contributed by atoms with Crippen LogP contribution in [0.25, 0.3) is 0 Å². The van der Waals surface area contributed by atoms with Crippen LogP contribution in [0.5, 0.6) is 5.75 Å². The summed E-state index contributed by atoms with van der Waals surface area (Å²) in [6, 6.07) is 15.2. The van der Waals surface area contributed by atoms with Crippen LogP contribution in [0.3, 0.4) is 0 Å². The molecule has 0 radical (unpaired) electrons. The molecule has 2 atom stereocenters. The summed E-state index contributed by atoms with van der Waals surface area (Å²) in [6.07, 6.45) is -1.17. The van der Waals surface area contributed by atoms with E-state index in [4.69, 9.17) is 19.3 Å². The molecule has 8 nitrogen and oxygen atoms in total. The van der Waals surface area contributed by atoms with Crippen molar-refractivity contribution in [2.24, 2.45) is 5.92 Å². The standard InChI is InChI=1S/C23H27NO7S/c1-16(11-13-30-20(26)15-32)21(17-7-9-19(10-8-17)29-14-12-25)31-23(28)24-22(27)18-5-3-2-4-6-18/h2-10,16,21,25,32H,11-15H2,1H3,(H,24,27,28)/t16-,21+/m1/s1. The molecule has 9 heteroatoms. The first-order valence-electron chi connectivity index (χ1n) is 10.1. The van der Waals surface area contributed by atoms with Gasteiger partial charge in [-0.05, 0) is 36.2 Å². The number of aliphatic hydroxyl groups is 1. The minimum absolute atomic E-state index is 0.0202. The predicted octanol–water partition coefficient (Wildman–Crippen LogP) is 3.16. The number of carbonyl (C=O) groups excluding carboxylic acids is 3. The largest absolute Gasteiger partial charge is 0.491 e. The summed E-state index contributed by atoms with van der Waals surface area (Å²) in [5, 5.41) is 11.1. The molecule has 32 heavy (non-hydrogen) atoms. The van der Waals surface area contributed by atoms with Gasteiger partial charge in [0.25, 0.3) is 5.91 Å². The van der Waals surface area contributed by atoms with Gasteiger partial charge in [-0.3, -0.25) is 14.9 Å². The second-order valence-electron chi connectivity index (χ2n) is 6.93. The third-order valence-corrected chi connectivity index (χ3v) is 4.79. The fourth-order valence-electron chi connectivity index (χ4n) is 2.88. The number of rotatable bonds is 11. The molecule has 0 spiro atoms. The number of benzene rings is 2. The van der Waals surface area contributed by atoms with Crippen molar-refractivity contribution in [2.45, 2.75) is 19.4 Å². The number of hydrogen-bond donors (Lipinski definition) is 3. The summed E-state index contributed by atoms with van der Waals surface area (Å²) >= 11 is 3.87. The molecular weight excluding hydrogens is 434 g/mol. The molecule has 0 aliphatic rings. The van der Waals surface area contributed by atoms with Gasteiger partial charge in [-0.15, -0.1) is 0 Å². The molecule has 0 saturated carbocycles. The molecule has 2 aromatic rings. The highest BCUT2D eigenvalue weighted by molar-refractivity contribution is 7.81. The molecule has 0 aliphatic carbocycles. The average molecular weight is 462 g/mol. The van der Waals surface area contributed by atoms with Crippen molar-refractivity contribution in [3.63, 3.8) is 0 Å². The minimum atomic E-state index is -0.885. The van der Waals surface area contributed by atoms with Gasteiger partial charge in [-0.2, -0.15) is 12.6 Å². The van der Waals surface area contributed by atoms with Gasteiger partial charge in [0.15, 0.2) is 0 Å². The SMILES string of the molecule is C[C@H](CCOC(=O)CS)[C@H](OC(=O)NC(=O)c1ccccc1)c1ccc(OCCO)cc1. The Bertz CT molecular complexity index is 874. The van der Waals surface area contributed by atoms with Crippen molar-refractivity contribution >= 4 is 30.6 Å². The van der Waals surface area contributed by atoms with Crippen LogP contribution in [-0.2, 0) is 14.3 Å². The number of ether oxygens (including phenoxy) is 3. The van der Waals surface area contributed by atoms with Gasteiger partial charge in [0, 0.05) is 11.5 Å². The average Bonchev–Trinajstić information content (AvgIpc) is 2.81. The van der Waals surface area contributed by atoms with Crippen LogP contribution >= 0.6 is 12.6 Å². The molecule has 2 amide bonds. The van der Waals surface area contributed by atoms with Crippen LogP contribution < -0.4 is 10.1 Å². The van der Waals surface area contributed by atoms with Crippen LogP contribution in [0.15, 0.2) is 54.6 Å². The molecule has 0 fully saturated rings. The maximum Gasteiger partial charge on any atom is 0.414 e. The lowest BCUT2D eigenvalue weighted by Crippen LogP contribution is -2.33. The fraction of sp³-hybridized carbons (Fsp3) is 0.348. The molecule has 0 bridgehead atoms. The second kappa shape index (κ2) is 13.4. The van der Waals surface area contributed by atoms with Crippen LogP contribution in [0, 0.1) is 5.92 Å². The normalized spacial score (nSPS) is 12.3. The zero-order valence-corrected chi connectivity index (χ0v) is 18.6. The number of alkyl carbamates (subject to hydrolysis) is 1. The number of hydrogen-bond acceptors (Lipinski definition) is 8. The number of imide groups is 1. The first-order valence-corrected chi connectivity index (χ1v) is 10.7. The Morgan fingerprint density at radius 3 is 2.34 bits per heavy atom. The lowest BCUT2D eigenvalue weighted by Gasteiger charge is -2.25. The molecular formula is C23H27NO7S. The van der Waals surface area contributed by atoms with Crippen molar-refractivity contribution in [3.8, 4) is 5.75 Å². The number of thiol groups is 1. The van der Waals surface area contributed by atoms with Gasteiger partial charge in [0.1, 0.15) is 18.5 Å². The number of nitrogens with one attached hydrogen (secondary N) is 1.